The van der Waals surface area contributed by atoms with E-state index >= 15 is 0 Å². The van der Waals surface area contributed by atoms with Crippen LogP contribution < -0.4 is 80.9 Å². The molecule has 0 heterocycles. The zero-order valence-electron chi connectivity index (χ0n) is 9.00. The second-order valence-corrected chi connectivity index (χ2v) is 1.80. The van der Waals surface area contributed by atoms with Crippen molar-refractivity contribution in [3.8, 4) is 0 Å². The van der Waals surface area contributed by atoms with Crippen molar-refractivity contribution in [3.63, 3.8) is 0 Å². The van der Waals surface area contributed by atoms with E-state index in [1.165, 1.54) is 0 Å². The summed E-state index contributed by atoms with van der Waals surface area (Å²) in [5, 5.41) is 0. The van der Waals surface area contributed by atoms with Crippen LogP contribution in [0.3, 0.4) is 0 Å². The molecule has 0 fully saturated rings. The second-order valence-electron chi connectivity index (χ2n) is 0.600. The zero-order valence-corrected chi connectivity index (χ0v) is 15.6. The van der Waals surface area contributed by atoms with Crippen LogP contribution in [-0.4, -0.2) is 77.1 Å². The van der Waals surface area contributed by atoms with Gasteiger partial charge >= 0.3 is 139 Å². The van der Waals surface area contributed by atoms with E-state index in [0.29, 0.717) is 0 Å². The molecule has 8 heavy (non-hydrogen) atoms. The quantitative estimate of drug-likeness (QED) is 0.335. The molecule has 0 rings (SSSR count). The van der Waals surface area contributed by atoms with Crippen LogP contribution in [-0.2, 0) is 0 Å². The zero-order chi connectivity index (χ0) is 4.50. The minimum Gasteiger partial charge on any atom is -1.00 e. The van der Waals surface area contributed by atoms with Crippen molar-refractivity contribution in [2.75, 3.05) is 0 Å². The molecule has 0 saturated heterocycles. The van der Waals surface area contributed by atoms with Crippen LogP contribution >= 0.6 is 0 Å². The van der Waals surface area contributed by atoms with E-state index in [1.807, 2.05) is 0 Å². The van der Waals surface area contributed by atoms with E-state index in [9.17, 15) is 0 Å². The Morgan fingerprint density at radius 3 is 1.00 bits per heavy atom. The Bertz CT molecular complexity index is 42.5. The molecule has 0 aromatic rings. The molecule has 0 bridgehead atoms. The van der Waals surface area contributed by atoms with Crippen LogP contribution in [0.15, 0.2) is 0 Å². The van der Waals surface area contributed by atoms with Gasteiger partial charge in [0.05, 0.1) is 0 Å². The molecule has 0 amide bonds. The first-order valence-electron chi connectivity index (χ1n) is 0.894. The van der Waals surface area contributed by atoms with Gasteiger partial charge in [-0.15, -0.1) is 0 Å². The van der Waals surface area contributed by atoms with Crippen LogP contribution in [0.1, 0.15) is 5.71 Å². The van der Waals surface area contributed by atoms with Gasteiger partial charge in [-0.1, -0.05) is 0 Å². The molecule has 0 aliphatic heterocycles. The molecule has 40 valence electrons. The van der Waals surface area contributed by atoms with Gasteiger partial charge in [0.25, 0.3) is 0 Å². The first-order chi connectivity index (χ1) is 2.00. The first-order valence-corrected chi connectivity index (χ1v) is 2.68. The van der Waals surface area contributed by atoms with Crippen LogP contribution in [0.25, 0.3) is 0 Å². The van der Waals surface area contributed by atoms with Crippen LogP contribution in [0.2, 0.25) is 0 Å². The predicted octanol–water partition coefficient (Wildman–Crippen LogP) is -8.53. The molecule has 0 radical (unpaired) electrons. The Morgan fingerprint density at radius 1 is 1.00 bits per heavy atom. The fourth-order valence-electron chi connectivity index (χ4n) is 0. The Labute approximate surface area is 159 Å². The van der Waals surface area contributed by atoms with Gasteiger partial charge in [-0.05, 0) is 0 Å². The van der Waals surface area contributed by atoms with E-state index < -0.39 is 9.05 Å². The molecule has 4 N–H and O–H groups in total. The fraction of sp³-hybridized carbons (Fsp3) is 0. The van der Waals surface area contributed by atoms with E-state index in [1.54, 1.807) is 0 Å². The van der Waals surface area contributed by atoms with E-state index in [4.69, 9.17) is 19.2 Å². The molecule has 8 heteroatoms. The maximum atomic E-state index is 7.33. The third-order valence-electron chi connectivity index (χ3n) is 0. The van der Waals surface area contributed by atoms with E-state index in [0.717, 1.165) is 0 Å². The number of rotatable bonds is 0. The average Bonchev–Trinajstić information content (AvgIpc) is 0.722. The Kier molecular flexibility index (Phi) is 32.1. The van der Waals surface area contributed by atoms with Crippen molar-refractivity contribution in [1.29, 1.82) is 0 Å². The maximum Gasteiger partial charge on any atom is 2.00 e. The normalized spacial score (nSPS) is 7.50. The van der Waals surface area contributed by atoms with Gasteiger partial charge in [-0.25, -0.2) is 0 Å². The van der Waals surface area contributed by atoms with Crippen LogP contribution in [0, 0.1) is 0 Å². The maximum absolute atomic E-state index is 7.33. The minimum atomic E-state index is -4.61. The van der Waals surface area contributed by atoms with Crippen LogP contribution in [0.4, 0.5) is 0 Å². The van der Waals surface area contributed by atoms with Crippen molar-refractivity contribution in [1.82, 2.24) is 0 Å². The van der Waals surface area contributed by atoms with Gasteiger partial charge in [-0.3, -0.25) is 0 Å². The fourth-order valence-corrected chi connectivity index (χ4v) is 0. The minimum absolute atomic E-state index is 0. The molecular weight excluding hydrogens is 291 g/mol. The molecule has 4 nitrogen and oxygen atoms in total. The van der Waals surface area contributed by atoms with E-state index in [2.05, 4.69) is 0 Å². The molecule has 0 atom stereocenters. The third-order valence-corrected chi connectivity index (χ3v) is 0. The smallest absolute Gasteiger partial charge is 1.00 e. The Balaban J connectivity index is -0.00000000381. The van der Waals surface area contributed by atoms with Crippen LogP contribution in [0.5, 0.6) is 0 Å². The molecule has 0 aliphatic carbocycles. The SMILES string of the molecule is O[Si](O)(O)O.[Ba+2].[H-].[H-].[H-].[H-].[K+].[Na+]. The van der Waals surface area contributed by atoms with Crippen molar-refractivity contribution in [2.45, 2.75) is 0 Å². The molecule has 0 aromatic heterocycles. The number of hydrogen-bond acceptors (Lipinski definition) is 4. The largest absolute Gasteiger partial charge is 2.00 e. The average molecular weight is 300 g/mol. The molecule has 0 aliphatic rings. The van der Waals surface area contributed by atoms with Gasteiger partial charge < -0.3 is 24.9 Å². The summed E-state index contributed by atoms with van der Waals surface area (Å²) in [7, 11) is -4.61. The molecule has 0 spiro atoms. The first kappa shape index (κ1) is 22.8. The summed E-state index contributed by atoms with van der Waals surface area (Å²) >= 11 is 0. The number of hydrogen-bond donors (Lipinski definition) is 4. The van der Waals surface area contributed by atoms with Gasteiger partial charge in [0, 0.05) is 0 Å². The van der Waals surface area contributed by atoms with Crippen molar-refractivity contribution < 1.29 is 106 Å². The monoisotopic (exact) mass is 300 g/mol. The van der Waals surface area contributed by atoms with E-state index in [-0.39, 0.29) is 136 Å². The van der Waals surface area contributed by atoms with Gasteiger partial charge in [0.1, 0.15) is 0 Å². The summed E-state index contributed by atoms with van der Waals surface area (Å²) in [5.41, 5.74) is 0. The molecule has 0 aromatic carbocycles. The predicted molar refractivity (Wildman–Crippen MR) is 24.8 cm³/mol. The molecule has 0 saturated carbocycles. The summed E-state index contributed by atoms with van der Waals surface area (Å²) in [6.45, 7) is 0. The topological polar surface area (TPSA) is 80.9 Å². The Morgan fingerprint density at radius 2 is 1.00 bits per heavy atom. The molecule has 0 unspecified atom stereocenters. The summed E-state index contributed by atoms with van der Waals surface area (Å²) < 4.78 is 0. The van der Waals surface area contributed by atoms with Gasteiger partial charge in [0.2, 0.25) is 0 Å². The summed E-state index contributed by atoms with van der Waals surface area (Å²) in [4.78, 5) is 29.3. The van der Waals surface area contributed by atoms with Crippen molar-refractivity contribution in [2.24, 2.45) is 0 Å². The summed E-state index contributed by atoms with van der Waals surface area (Å²) in [6, 6.07) is 0. The van der Waals surface area contributed by atoms with Crippen molar-refractivity contribution >= 4 is 57.9 Å². The summed E-state index contributed by atoms with van der Waals surface area (Å²) in [5.74, 6) is 0. The third kappa shape index (κ3) is 48.4. The standard InChI is InChI=1S/Ba.K.Na.H4O4Si.4H/c;;;1-5(2,3)4;;;;/h;;;1-4H;;;;/q+2;2*+1;;4*-1. The van der Waals surface area contributed by atoms with Gasteiger partial charge in [-0.2, -0.15) is 0 Å². The molecular formula is H8BaKNaO4Si. The summed E-state index contributed by atoms with van der Waals surface area (Å²) in [6.07, 6.45) is 0. The Hall–Kier alpha value is 4.26. The second kappa shape index (κ2) is 11.3. The van der Waals surface area contributed by atoms with Gasteiger partial charge in [0.15, 0.2) is 0 Å². The van der Waals surface area contributed by atoms with Crippen molar-refractivity contribution in [3.05, 3.63) is 0 Å².